The van der Waals surface area contributed by atoms with E-state index in [1.807, 2.05) is 0 Å². The molecule has 5 rings (SSSR count). The Morgan fingerprint density at radius 3 is 2.66 bits per heavy atom. The molecule has 3 aromatic heterocycles. The number of thiazole rings is 1. The van der Waals surface area contributed by atoms with Gasteiger partial charge in [0.05, 0.1) is 23.3 Å². The number of ether oxygens (including phenoxy) is 1. The summed E-state index contributed by atoms with van der Waals surface area (Å²) in [6, 6.07) is 9.39. The molecule has 0 N–H and O–H groups in total. The molecular weight excluding hydrogens is 432 g/mol. The van der Waals surface area contributed by atoms with Crippen molar-refractivity contribution in [2.24, 2.45) is 0 Å². The molecule has 1 aromatic carbocycles. The van der Waals surface area contributed by atoms with E-state index in [0.29, 0.717) is 33.1 Å². The molecule has 162 valence electrons. The summed E-state index contributed by atoms with van der Waals surface area (Å²) in [6.45, 7) is 5.39. The molecule has 4 aromatic rings. The molecule has 8 nitrogen and oxygen atoms in total. The van der Waals surface area contributed by atoms with E-state index in [9.17, 15) is 14.4 Å². The number of hydrogen-bond donors (Lipinski definition) is 0. The Morgan fingerprint density at radius 1 is 1.16 bits per heavy atom. The largest absolute Gasteiger partial charge is 0.464 e. The first-order chi connectivity index (χ1) is 15.4. The van der Waals surface area contributed by atoms with Crippen molar-refractivity contribution in [2.75, 3.05) is 11.5 Å². The third-order valence-electron chi connectivity index (χ3n) is 5.26. The summed E-state index contributed by atoms with van der Waals surface area (Å²) in [5.74, 6) is -0.0520. The highest BCUT2D eigenvalue weighted by atomic mass is 32.1. The molecule has 1 aliphatic heterocycles. The number of furan rings is 1. The molecule has 0 fully saturated rings. The highest BCUT2D eigenvalue weighted by molar-refractivity contribution is 7.17. The Bertz CT molecular complexity index is 1450. The molecule has 1 aliphatic rings. The number of aromatic nitrogens is 1. The molecule has 0 saturated carbocycles. The lowest BCUT2D eigenvalue weighted by Crippen LogP contribution is -2.29. The second kappa shape index (κ2) is 7.45. The Balaban J connectivity index is 1.74. The van der Waals surface area contributed by atoms with Crippen LogP contribution >= 0.6 is 11.3 Å². The van der Waals surface area contributed by atoms with E-state index in [4.69, 9.17) is 13.6 Å². The van der Waals surface area contributed by atoms with Crippen LogP contribution in [0.5, 0.6) is 0 Å². The molecule has 0 unspecified atom stereocenters. The first-order valence-corrected chi connectivity index (χ1v) is 10.8. The predicted octanol–water partition coefficient (Wildman–Crippen LogP) is 4.39. The van der Waals surface area contributed by atoms with E-state index >= 15 is 0 Å². The molecule has 0 saturated heterocycles. The first-order valence-electron chi connectivity index (χ1n) is 10.0. The Kier molecular flexibility index (Phi) is 4.70. The standard InChI is InChI=1S/C23H18N2O6S/c1-4-29-22(28)20-12(3)24-23(32-20)25-17(15-10-9-11(2)30-15)16-18(26)13-7-5-6-8-14(13)31-19(16)21(25)27/h5-10,17H,4H2,1-3H3/t17-/m1/s1. The number of hydrogen-bond acceptors (Lipinski definition) is 8. The zero-order chi connectivity index (χ0) is 22.6. The molecule has 0 radical (unpaired) electrons. The maximum Gasteiger partial charge on any atom is 0.350 e. The second-order valence-electron chi connectivity index (χ2n) is 7.33. The SMILES string of the molecule is CCOC(=O)c1sc(N2C(=O)c3oc4ccccc4c(=O)c3[C@H]2c2ccc(C)o2)nc1C. The maximum absolute atomic E-state index is 13.5. The number of rotatable bonds is 4. The van der Waals surface area contributed by atoms with Gasteiger partial charge in [0.2, 0.25) is 5.76 Å². The average molecular weight is 450 g/mol. The van der Waals surface area contributed by atoms with Crippen molar-refractivity contribution in [3.63, 3.8) is 0 Å². The number of para-hydroxylation sites is 1. The van der Waals surface area contributed by atoms with Crippen LogP contribution in [-0.2, 0) is 4.74 Å². The quantitative estimate of drug-likeness (QED) is 0.425. The normalized spacial score (nSPS) is 15.4. The minimum Gasteiger partial charge on any atom is -0.464 e. The zero-order valence-electron chi connectivity index (χ0n) is 17.5. The summed E-state index contributed by atoms with van der Waals surface area (Å²) >= 11 is 1.03. The van der Waals surface area contributed by atoms with Crippen LogP contribution in [0.15, 0.2) is 50.0 Å². The summed E-state index contributed by atoms with van der Waals surface area (Å²) in [6.07, 6.45) is 0. The van der Waals surface area contributed by atoms with Crippen LogP contribution in [0, 0.1) is 13.8 Å². The van der Waals surface area contributed by atoms with Crippen LogP contribution in [0.2, 0.25) is 0 Å². The summed E-state index contributed by atoms with van der Waals surface area (Å²) in [5, 5.41) is 0.626. The maximum atomic E-state index is 13.5. The van der Waals surface area contributed by atoms with Crippen molar-refractivity contribution in [1.82, 2.24) is 4.98 Å². The van der Waals surface area contributed by atoms with Crippen LogP contribution in [0.3, 0.4) is 0 Å². The number of carbonyl (C=O) groups excluding carboxylic acids is 2. The first kappa shape index (κ1) is 20.2. The number of amides is 1. The van der Waals surface area contributed by atoms with Gasteiger partial charge in [-0.25, -0.2) is 9.78 Å². The highest BCUT2D eigenvalue weighted by Crippen LogP contribution is 2.43. The van der Waals surface area contributed by atoms with Crippen molar-refractivity contribution in [1.29, 1.82) is 0 Å². The summed E-state index contributed by atoms with van der Waals surface area (Å²) in [7, 11) is 0. The topological polar surface area (TPSA) is 103 Å². The lowest BCUT2D eigenvalue weighted by atomic mass is 10.0. The van der Waals surface area contributed by atoms with Gasteiger partial charge in [0.1, 0.15) is 28.0 Å². The lowest BCUT2D eigenvalue weighted by molar-refractivity contribution is 0.0531. The van der Waals surface area contributed by atoms with Gasteiger partial charge < -0.3 is 13.6 Å². The Labute approximate surface area is 186 Å². The van der Waals surface area contributed by atoms with Gasteiger partial charge >= 0.3 is 5.97 Å². The van der Waals surface area contributed by atoms with Crippen LogP contribution in [0.4, 0.5) is 5.13 Å². The molecule has 0 bridgehead atoms. The van der Waals surface area contributed by atoms with Gasteiger partial charge in [0.15, 0.2) is 10.6 Å². The third kappa shape index (κ3) is 2.96. The number of esters is 1. The summed E-state index contributed by atoms with van der Waals surface area (Å²) in [4.78, 5) is 45.3. The van der Waals surface area contributed by atoms with E-state index in [2.05, 4.69) is 4.98 Å². The van der Waals surface area contributed by atoms with Crippen molar-refractivity contribution in [2.45, 2.75) is 26.8 Å². The molecule has 0 spiro atoms. The molecule has 1 atom stereocenters. The fourth-order valence-electron chi connectivity index (χ4n) is 3.86. The fourth-order valence-corrected chi connectivity index (χ4v) is 4.85. The van der Waals surface area contributed by atoms with Crippen LogP contribution < -0.4 is 10.3 Å². The smallest absolute Gasteiger partial charge is 0.350 e. The zero-order valence-corrected chi connectivity index (χ0v) is 18.3. The molecular formula is C23H18N2O6S. The van der Waals surface area contributed by atoms with Crippen molar-refractivity contribution >= 4 is 39.3 Å². The summed E-state index contributed by atoms with van der Waals surface area (Å²) < 4.78 is 16.8. The van der Waals surface area contributed by atoms with Crippen molar-refractivity contribution in [3.05, 3.63) is 80.0 Å². The molecule has 4 heterocycles. The van der Waals surface area contributed by atoms with E-state index in [-0.39, 0.29) is 28.5 Å². The van der Waals surface area contributed by atoms with Gasteiger partial charge in [-0.1, -0.05) is 23.5 Å². The van der Waals surface area contributed by atoms with Crippen molar-refractivity contribution < 1.29 is 23.2 Å². The molecule has 9 heteroatoms. The fraction of sp³-hybridized carbons (Fsp3) is 0.217. The number of fused-ring (bicyclic) bond motifs is 2. The van der Waals surface area contributed by atoms with Crippen LogP contribution in [0.25, 0.3) is 11.0 Å². The Hall–Kier alpha value is -3.72. The molecule has 0 aliphatic carbocycles. The number of anilines is 1. The second-order valence-corrected chi connectivity index (χ2v) is 8.31. The minimum absolute atomic E-state index is 0.0571. The summed E-state index contributed by atoms with van der Waals surface area (Å²) in [5.41, 5.74) is 0.638. The number of benzene rings is 1. The van der Waals surface area contributed by atoms with E-state index in [1.165, 1.54) is 4.90 Å². The predicted molar refractivity (Wildman–Crippen MR) is 117 cm³/mol. The van der Waals surface area contributed by atoms with Gasteiger partial charge in [0, 0.05) is 0 Å². The average Bonchev–Trinajstić information content (AvgIpc) is 3.44. The van der Waals surface area contributed by atoms with Crippen LogP contribution in [0.1, 0.15) is 56.0 Å². The minimum atomic E-state index is -0.868. The number of nitrogens with zero attached hydrogens (tertiary/aromatic N) is 2. The number of carbonyl (C=O) groups is 2. The number of aryl methyl sites for hydroxylation is 2. The van der Waals surface area contributed by atoms with Gasteiger partial charge in [-0.15, -0.1) is 0 Å². The monoisotopic (exact) mass is 450 g/mol. The Morgan fingerprint density at radius 2 is 1.94 bits per heavy atom. The van der Waals surface area contributed by atoms with E-state index in [0.717, 1.165) is 11.3 Å². The van der Waals surface area contributed by atoms with Gasteiger partial charge in [-0.05, 0) is 45.0 Å². The molecule has 1 amide bonds. The van der Waals surface area contributed by atoms with Crippen LogP contribution in [-0.4, -0.2) is 23.5 Å². The third-order valence-corrected chi connectivity index (χ3v) is 6.40. The molecule has 32 heavy (non-hydrogen) atoms. The highest BCUT2D eigenvalue weighted by Gasteiger charge is 2.46. The van der Waals surface area contributed by atoms with E-state index < -0.39 is 17.9 Å². The van der Waals surface area contributed by atoms with Gasteiger partial charge in [0.25, 0.3) is 5.91 Å². The van der Waals surface area contributed by atoms with Gasteiger partial charge in [-0.3, -0.25) is 14.5 Å². The van der Waals surface area contributed by atoms with E-state index in [1.54, 1.807) is 57.2 Å². The van der Waals surface area contributed by atoms with Crippen molar-refractivity contribution in [3.8, 4) is 0 Å². The lowest BCUT2D eigenvalue weighted by Gasteiger charge is -2.20. The van der Waals surface area contributed by atoms with Gasteiger partial charge in [-0.2, -0.15) is 0 Å².